The molecule has 2 heterocycles. The van der Waals surface area contributed by atoms with E-state index in [4.69, 9.17) is 0 Å². The number of nitrogens with zero attached hydrogens (tertiary/aromatic N) is 2. The molecular formula is C27H28N2O3S. The molecule has 0 fully saturated rings. The first-order valence-electron chi connectivity index (χ1n) is 10.9. The first-order valence-corrected chi connectivity index (χ1v) is 12.8. The molecule has 4 aromatic rings. The topological polar surface area (TPSA) is 80.2 Å². The van der Waals surface area contributed by atoms with E-state index < -0.39 is 20.7 Å². The third-order valence-corrected chi connectivity index (χ3v) is 7.59. The lowest BCUT2D eigenvalue weighted by molar-refractivity contribution is 0.0782. The van der Waals surface area contributed by atoms with Gasteiger partial charge in [-0.05, 0) is 68.7 Å². The molecule has 0 aliphatic carbocycles. The summed E-state index contributed by atoms with van der Waals surface area (Å²) in [6, 6.07) is 19.8. The van der Waals surface area contributed by atoms with Crippen molar-refractivity contribution in [1.29, 1.82) is 0 Å². The maximum atomic E-state index is 12.0. The van der Waals surface area contributed by atoms with Gasteiger partial charge in [-0.3, -0.25) is 9.97 Å². The average Bonchev–Trinajstić information content (AvgIpc) is 2.77. The summed E-state index contributed by atoms with van der Waals surface area (Å²) >= 11 is 0. The zero-order chi connectivity index (χ0) is 23.8. The fourth-order valence-electron chi connectivity index (χ4n) is 3.85. The van der Waals surface area contributed by atoms with E-state index in [9.17, 15) is 13.5 Å². The fraction of sp³-hybridized carbons (Fsp3) is 0.259. The Hall–Kier alpha value is -3.09. The van der Waals surface area contributed by atoms with Crippen LogP contribution in [0.15, 0.2) is 73.1 Å². The van der Waals surface area contributed by atoms with Crippen molar-refractivity contribution >= 4 is 20.7 Å². The predicted molar refractivity (Wildman–Crippen MR) is 134 cm³/mol. The van der Waals surface area contributed by atoms with Crippen LogP contribution in [0.1, 0.15) is 31.9 Å². The summed E-state index contributed by atoms with van der Waals surface area (Å²) in [5, 5.41) is 10.7. The highest BCUT2D eigenvalue weighted by molar-refractivity contribution is 7.91. The Bertz CT molecular complexity index is 1410. The van der Waals surface area contributed by atoms with Gasteiger partial charge in [-0.25, -0.2) is 8.42 Å². The number of hydrogen-bond acceptors (Lipinski definition) is 5. The van der Waals surface area contributed by atoms with Crippen LogP contribution in [0.25, 0.3) is 33.3 Å². The standard InChI is InChI=1S/C27H28N2O3S/c1-18(33(4,31)32)13-19-14-22-9-6-12-28-26(22)24(15-19)20-7-5-8-21(16-20)25-11-10-23(17-29-25)27(2,3)30/h5-12,14-18,30H,13H2,1-4H3. The maximum Gasteiger partial charge on any atom is 0.150 e. The van der Waals surface area contributed by atoms with Crippen molar-refractivity contribution in [2.24, 2.45) is 0 Å². The number of hydrogen-bond donors (Lipinski definition) is 1. The summed E-state index contributed by atoms with van der Waals surface area (Å²) in [6.07, 6.45) is 5.19. The zero-order valence-electron chi connectivity index (χ0n) is 19.3. The Morgan fingerprint density at radius 3 is 2.39 bits per heavy atom. The zero-order valence-corrected chi connectivity index (χ0v) is 20.1. The van der Waals surface area contributed by atoms with E-state index in [0.717, 1.165) is 44.4 Å². The van der Waals surface area contributed by atoms with Crippen LogP contribution in [0, 0.1) is 0 Å². The van der Waals surface area contributed by atoms with Crippen LogP contribution < -0.4 is 0 Å². The molecule has 33 heavy (non-hydrogen) atoms. The smallest absolute Gasteiger partial charge is 0.150 e. The van der Waals surface area contributed by atoms with Gasteiger partial charge in [-0.1, -0.05) is 30.3 Å². The second-order valence-corrected chi connectivity index (χ2v) is 11.6. The van der Waals surface area contributed by atoms with Gasteiger partial charge in [0.1, 0.15) is 9.84 Å². The third kappa shape index (κ3) is 5.13. The minimum atomic E-state index is -3.13. The second kappa shape index (κ2) is 8.69. The molecule has 0 amide bonds. The lowest BCUT2D eigenvalue weighted by Crippen LogP contribution is -2.18. The summed E-state index contributed by atoms with van der Waals surface area (Å²) in [5.74, 6) is 0. The van der Waals surface area contributed by atoms with Gasteiger partial charge in [0.05, 0.1) is 22.1 Å². The number of aromatic nitrogens is 2. The minimum absolute atomic E-state index is 0.441. The molecule has 4 rings (SSSR count). The Morgan fingerprint density at radius 2 is 1.73 bits per heavy atom. The van der Waals surface area contributed by atoms with Gasteiger partial charge in [0.15, 0.2) is 0 Å². The van der Waals surface area contributed by atoms with Crippen LogP contribution in [0.2, 0.25) is 0 Å². The molecule has 2 aromatic carbocycles. The van der Waals surface area contributed by atoms with Crippen molar-refractivity contribution in [3.05, 3.63) is 84.2 Å². The molecule has 1 atom stereocenters. The molecule has 0 saturated carbocycles. The minimum Gasteiger partial charge on any atom is -0.386 e. The molecule has 0 aliphatic rings. The molecule has 6 heteroatoms. The quantitative estimate of drug-likeness (QED) is 0.430. The molecule has 0 radical (unpaired) electrons. The molecule has 0 bridgehead atoms. The summed E-state index contributed by atoms with van der Waals surface area (Å²) in [5.41, 5.74) is 5.35. The highest BCUT2D eigenvalue weighted by Gasteiger charge is 2.18. The predicted octanol–water partition coefficient (Wildman–Crippen LogP) is 5.17. The average molecular weight is 461 g/mol. The Morgan fingerprint density at radius 1 is 0.970 bits per heavy atom. The van der Waals surface area contributed by atoms with Gasteiger partial charge in [-0.15, -0.1) is 0 Å². The van der Waals surface area contributed by atoms with E-state index in [1.807, 2.05) is 54.6 Å². The van der Waals surface area contributed by atoms with Crippen molar-refractivity contribution in [2.75, 3.05) is 6.26 Å². The van der Waals surface area contributed by atoms with Crippen LogP contribution in [0.3, 0.4) is 0 Å². The lowest BCUT2D eigenvalue weighted by Gasteiger charge is -2.17. The van der Waals surface area contributed by atoms with E-state index >= 15 is 0 Å². The van der Waals surface area contributed by atoms with Crippen molar-refractivity contribution < 1.29 is 13.5 Å². The van der Waals surface area contributed by atoms with Gasteiger partial charge in [0.2, 0.25) is 0 Å². The number of rotatable bonds is 6. The van der Waals surface area contributed by atoms with Crippen molar-refractivity contribution in [3.63, 3.8) is 0 Å². The van der Waals surface area contributed by atoms with E-state index in [-0.39, 0.29) is 0 Å². The molecule has 1 N–H and O–H groups in total. The number of sulfone groups is 1. The van der Waals surface area contributed by atoms with Gasteiger partial charge >= 0.3 is 0 Å². The van der Waals surface area contributed by atoms with Crippen LogP contribution in [0.4, 0.5) is 0 Å². The van der Waals surface area contributed by atoms with Gasteiger partial charge in [0.25, 0.3) is 0 Å². The lowest BCUT2D eigenvalue weighted by atomic mass is 9.95. The number of benzene rings is 2. The molecule has 5 nitrogen and oxygen atoms in total. The van der Waals surface area contributed by atoms with Crippen molar-refractivity contribution in [1.82, 2.24) is 9.97 Å². The van der Waals surface area contributed by atoms with Gasteiger partial charge in [-0.2, -0.15) is 0 Å². The van der Waals surface area contributed by atoms with Crippen molar-refractivity contribution in [3.8, 4) is 22.4 Å². The van der Waals surface area contributed by atoms with Gasteiger partial charge < -0.3 is 5.11 Å². The SMILES string of the molecule is CC(Cc1cc(-c2cccc(-c3ccc(C(C)(C)O)cn3)c2)c2ncccc2c1)S(C)(=O)=O. The fourth-order valence-corrected chi connectivity index (χ4v) is 4.34. The summed E-state index contributed by atoms with van der Waals surface area (Å²) in [6.45, 7) is 5.21. The highest BCUT2D eigenvalue weighted by Crippen LogP contribution is 2.32. The van der Waals surface area contributed by atoms with E-state index in [1.54, 1.807) is 33.2 Å². The Labute approximate surface area is 195 Å². The highest BCUT2D eigenvalue weighted by atomic mass is 32.2. The van der Waals surface area contributed by atoms with E-state index in [0.29, 0.717) is 6.42 Å². The first kappa shape index (κ1) is 23.1. The number of aliphatic hydroxyl groups is 1. The first-order chi connectivity index (χ1) is 15.5. The largest absolute Gasteiger partial charge is 0.386 e. The van der Waals surface area contributed by atoms with Crippen LogP contribution in [-0.2, 0) is 21.9 Å². The molecule has 0 aliphatic heterocycles. The molecule has 0 saturated heterocycles. The third-order valence-electron chi connectivity index (χ3n) is 5.96. The van der Waals surface area contributed by atoms with Crippen LogP contribution in [-0.4, -0.2) is 35.0 Å². The Kier molecular flexibility index (Phi) is 6.08. The Balaban J connectivity index is 1.79. The number of fused-ring (bicyclic) bond motifs is 1. The van der Waals surface area contributed by atoms with Crippen LogP contribution in [0.5, 0.6) is 0 Å². The van der Waals surface area contributed by atoms with Crippen molar-refractivity contribution in [2.45, 2.75) is 38.0 Å². The van der Waals surface area contributed by atoms with E-state index in [2.05, 4.69) is 16.0 Å². The van der Waals surface area contributed by atoms with Gasteiger partial charge in [0, 0.05) is 40.7 Å². The van der Waals surface area contributed by atoms with Crippen LogP contribution >= 0.6 is 0 Å². The summed E-state index contributed by atoms with van der Waals surface area (Å²) < 4.78 is 24.0. The normalized spacial score (nSPS) is 13.2. The summed E-state index contributed by atoms with van der Waals surface area (Å²) in [7, 11) is -3.13. The molecule has 2 aromatic heterocycles. The summed E-state index contributed by atoms with van der Waals surface area (Å²) in [4.78, 5) is 9.16. The molecular weight excluding hydrogens is 432 g/mol. The maximum absolute atomic E-state index is 12.0. The second-order valence-electron chi connectivity index (χ2n) is 9.13. The van der Waals surface area contributed by atoms with E-state index in [1.165, 1.54) is 6.26 Å². The monoisotopic (exact) mass is 460 g/mol. The molecule has 170 valence electrons. The molecule has 0 spiro atoms. The number of pyridine rings is 2. The molecule has 1 unspecified atom stereocenters.